The summed E-state index contributed by atoms with van der Waals surface area (Å²) in [5.41, 5.74) is 6.58. The van der Waals surface area contributed by atoms with Crippen molar-refractivity contribution in [2.75, 3.05) is 25.1 Å². The predicted octanol–water partition coefficient (Wildman–Crippen LogP) is 2.52. The van der Waals surface area contributed by atoms with Gasteiger partial charge in [0, 0.05) is 23.9 Å². The molecule has 2 N–H and O–H groups in total. The Morgan fingerprint density at radius 2 is 2.21 bits per heavy atom. The third-order valence-electron chi connectivity index (χ3n) is 4.27. The number of thioether (sulfide) groups is 1. The van der Waals surface area contributed by atoms with Gasteiger partial charge in [0.2, 0.25) is 0 Å². The Labute approximate surface area is 119 Å². The summed E-state index contributed by atoms with van der Waals surface area (Å²) in [5.74, 6) is 2.25. The van der Waals surface area contributed by atoms with Crippen LogP contribution in [0.5, 0.6) is 0 Å². The molecule has 0 radical (unpaired) electrons. The summed E-state index contributed by atoms with van der Waals surface area (Å²) in [7, 11) is 2.13. The fourth-order valence-corrected chi connectivity index (χ4v) is 3.93. The van der Waals surface area contributed by atoms with Crippen LogP contribution in [0.4, 0.5) is 4.39 Å². The maximum atomic E-state index is 13.8. The van der Waals surface area contributed by atoms with E-state index in [4.69, 9.17) is 5.73 Å². The van der Waals surface area contributed by atoms with Crippen molar-refractivity contribution in [3.05, 3.63) is 35.6 Å². The first-order valence-corrected chi connectivity index (χ1v) is 7.96. The summed E-state index contributed by atoms with van der Waals surface area (Å²) >= 11 is 1.99. The molecule has 0 bridgehead atoms. The fraction of sp³-hybridized carbons (Fsp3) is 0.600. The van der Waals surface area contributed by atoms with Gasteiger partial charge in [-0.3, -0.25) is 4.90 Å². The molecular weight excluding hydrogens is 259 g/mol. The number of halogens is 1. The Balaban J connectivity index is 2.15. The lowest BCUT2D eigenvalue weighted by Gasteiger charge is -2.42. The van der Waals surface area contributed by atoms with Crippen LogP contribution in [0.2, 0.25) is 0 Å². The van der Waals surface area contributed by atoms with Crippen LogP contribution >= 0.6 is 11.8 Å². The van der Waals surface area contributed by atoms with Gasteiger partial charge >= 0.3 is 0 Å². The van der Waals surface area contributed by atoms with Crippen molar-refractivity contribution in [2.45, 2.75) is 31.3 Å². The molecule has 1 aliphatic rings. The van der Waals surface area contributed by atoms with E-state index in [9.17, 15) is 4.39 Å². The van der Waals surface area contributed by atoms with Crippen molar-refractivity contribution < 1.29 is 4.39 Å². The van der Waals surface area contributed by atoms with E-state index in [1.807, 2.05) is 23.9 Å². The van der Waals surface area contributed by atoms with Gasteiger partial charge in [-0.1, -0.05) is 18.2 Å². The van der Waals surface area contributed by atoms with Crippen LogP contribution in [0, 0.1) is 5.82 Å². The van der Waals surface area contributed by atoms with E-state index in [0.29, 0.717) is 19.0 Å². The van der Waals surface area contributed by atoms with E-state index in [1.165, 1.54) is 18.2 Å². The van der Waals surface area contributed by atoms with Crippen molar-refractivity contribution in [1.82, 2.24) is 4.90 Å². The Morgan fingerprint density at radius 1 is 1.47 bits per heavy atom. The number of likely N-dealkylation sites (N-methyl/N-ethyl adjacent to an activating group) is 1. The number of nitrogens with zero attached hydrogens (tertiary/aromatic N) is 1. The number of hydrogen-bond acceptors (Lipinski definition) is 3. The van der Waals surface area contributed by atoms with Gasteiger partial charge < -0.3 is 5.73 Å². The largest absolute Gasteiger partial charge is 0.329 e. The molecule has 4 heteroatoms. The highest BCUT2D eigenvalue weighted by Gasteiger charge is 2.34. The van der Waals surface area contributed by atoms with Crippen molar-refractivity contribution in [3.8, 4) is 0 Å². The summed E-state index contributed by atoms with van der Waals surface area (Å²) in [6, 6.07) is 7.57. The lowest BCUT2D eigenvalue weighted by Crippen LogP contribution is -2.55. The first kappa shape index (κ1) is 14.8. The molecule has 1 heterocycles. The van der Waals surface area contributed by atoms with Gasteiger partial charge in [0.1, 0.15) is 5.82 Å². The van der Waals surface area contributed by atoms with Crippen LogP contribution in [0.3, 0.4) is 0 Å². The quantitative estimate of drug-likeness (QED) is 0.900. The fourth-order valence-electron chi connectivity index (χ4n) is 2.66. The van der Waals surface area contributed by atoms with Crippen LogP contribution in [0.25, 0.3) is 0 Å². The van der Waals surface area contributed by atoms with Crippen molar-refractivity contribution in [1.29, 1.82) is 0 Å². The predicted molar refractivity (Wildman–Crippen MR) is 81.1 cm³/mol. The van der Waals surface area contributed by atoms with Crippen molar-refractivity contribution in [3.63, 3.8) is 0 Å². The summed E-state index contributed by atoms with van der Waals surface area (Å²) < 4.78 is 13.8. The maximum Gasteiger partial charge on any atom is 0.126 e. The minimum atomic E-state index is -0.183. The van der Waals surface area contributed by atoms with Gasteiger partial charge in [0.25, 0.3) is 0 Å². The van der Waals surface area contributed by atoms with Gasteiger partial charge in [-0.05, 0) is 44.2 Å². The average molecular weight is 282 g/mol. The molecule has 2 atom stereocenters. The van der Waals surface area contributed by atoms with Gasteiger partial charge in [-0.15, -0.1) is 0 Å². The first-order chi connectivity index (χ1) is 9.07. The number of hydrogen-bond donors (Lipinski definition) is 1. The molecule has 0 spiro atoms. The normalized spacial score (nSPS) is 22.7. The van der Waals surface area contributed by atoms with Gasteiger partial charge in [0.05, 0.1) is 0 Å². The summed E-state index contributed by atoms with van der Waals surface area (Å²) in [6.45, 7) is 2.68. The van der Waals surface area contributed by atoms with E-state index in [0.717, 1.165) is 11.3 Å². The zero-order valence-electron chi connectivity index (χ0n) is 11.7. The van der Waals surface area contributed by atoms with Gasteiger partial charge in [-0.25, -0.2) is 4.39 Å². The van der Waals surface area contributed by atoms with Crippen LogP contribution in [-0.2, 0) is 6.42 Å². The van der Waals surface area contributed by atoms with E-state index < -0.39 is 0 Å². The second kappa shape index (κ2) is 6.25. The van der Waals surface area contributed by atoms with Gasteiger partial charge in [0.15, 0.2) is 0 Å². The van der Waals surface area contributed by atoms with Crippen molar-refractivity contribution >= 4 is 11.8 Å². The maximum absolute atomic E-state index is 13.8. The smallest absolute Gasteiger partial charge is 0.126 e. The summed E-state index contributed by atoms with van der Waals surface area (Å²) in [4.78, 5) is 2.36. The summed E-state index contributed by atoms with van der Waals surface area (Å²) in [6.07, 6.45) is 1.86. The minimum absolute atomic E-state index is 0.128. The van der Waals surface area contributed by atoms with Crippen molar-refractivity contribution in [2.24, 2.45) is 5.73 Å². The molecule has 1 fully saturated rings. The molecule has 1 aromatic carbocycles. The summed E-state index contributed by atoms with van der Waals surface area (Å²) in [5, 5.41) is 0. The number of benzene rings is 1. The van der Waals surface area contributed by atoms with Crippen LogP contribution in [0.1, 0.15) is 18.9 Å². The average Bonchev–Trinajstić information content (AvgIpc) is 2.94. The zero-order valence-corrected chi connectivity index (χ0v) is 12.5. The van der Waals surface area contributed by atoms with Crippen LogP contribution in [-0.4, -0.2) is 41.6 Å². The third kappa shape index (κ3) is 3.30. The standard InChI is InChI=1S/C15H23FN2S/c1-15(11-17,18(2)13-7-8-19-10-13)9-12-5-3-4-6-14(12)16/h3-6,13H,7-11,17H2,1-2H3. The molecule has 106 valence electrons. The highest BCUT2D eigenvalue weighted by atomic mass is 32.2. The molecule has 0 saturated carbocycles. The number of nitrogens with two attached hydrogens (primary N) is 1. The highest BCUT2D eigenvalue weighted by molar-refractivity contribution is 7.99. The van der Waals surface area contributed by atoms with Crippen LogP contribution in [0.15, 0.2) is 24.3 Å². The molecule has 0 aromatic heterocycles. The lowest BCUT2D eigenvalue weighted by molar-refractivity contribution is 0.103. The minimum Gasteiger partial charge on any atom is -0.329 e. The lowest BCUT2D eigenvalue weighted by atomic mass is 9.89. The molecule has 19 heavy (non-hydrogen) atoms. The molecule has 2 nitrogen and oxygen atoms in total. The van der Waals surface area contributed by atoms with E-state index in [1.54, 1.807) is 6.07 Å². The first-order valence-electron chi connectivity index (χ1n) is 6.81. The molecule has 1 aliphatic heterocycles. The molecule has 0 amide bonds. The Hall–Kier alpha value is -0.580. The third-order valence-corrected chi connectivity index (χ3v) is 5.42. The molecular formula is C15H23FN2S. The van der Waals surface area contributed by atoms with E-state index in [2.05, 4.69) is 18.9 Å². The van der Waals surface area contributed by atoms with Gasteiger partial charge in [-0.2, -0.15) is 11.8 Å². The number of rotatable bonds is 5. The van der Waals surface area contributed by atoms with Crippen LogP contribution < -0.4 is 5.73 Å². The molecule has 0 aliphatic carbocycles. The second-order valence-electron chi connectivity index (χ2n) is 5.60. The highest BCUT2D eigenvalue weighted by Crippen LogP contribution is 2.29. The Kier molecular flexibility index (Phi) is 4.87. The molecule has 2 unspecified atom stereocenters. The SMILES string of the molecule is CN(C1CCSC1)C(C)(CN)Cc1ccccc1F. The Morgan fingerprint density at radius 3 is 2.79 bits per heavy atom. The van der Waals surface area contributed by atoms with E-state index >= 15 is 0 Å². The topological polar surface area (TPSA) is 29.3 Å². The monoisotopic (exact) mass is 282 g/mol. The molecule has 1 saturated heterocycles. The second-order valence-corrected chi connectivity index (χ2v) is 6.75. The zero-order chi connectivity index (χ0) is 13.9. The van der Waals surface area contributed by atoms with E-state index in [-0.39, 0.29) is 11.4 Å². The Bertz CT molecular complexity index is 420. The molecule has 1 aromatic rings. The molecule has 2 rings (SSSR count).